The van der Waals surface area contributed by atoms with Gasteiger partial charge in [0.25, 0.3) is 5.91 Å². The van der Waals surface area contributed by atoms with Crippen molar-refractivity contribution in [2.24, 2.45) is 0 Å². The first-order valence-electron chi connectivity index (χ1n) is 7.04. The first kappa shape index (κ1) is 18.9. The van der Waals surface area contributed by atoms with Gasteiger partial charge >= 0.3 is 0 Å². The Morgan fingerprint density at radius 2 is 1.88 bits per heavy atom. The normalized spacial score (nSPS) is 12.7. The third-order valence-electron chi connectivity index (χ3n) is 3.48. The lowest BCUT2D eigenvalue weighted by Crippen LogP contribution is -2.27. The summed E-state index contributed by atoms with van der Waals surface area (Å²) in [6.07, 6.45) is 0. The molecule has 2 N–H and O–H groups in total. The van der Waals surface area contributed by atoms with Gasteiger partial charge in [-0.1, -0.05) is 45.7 Å². The fourth-order valence-corrected chi connectivity index (χ4v) is 3.73. The molecule has 0 saturated heterocycles. The first-order chi connectivity index (χ1) is 11.3. The van der Waals surface area contributed by atoms with Crippen LogP contribution in [0, 0.1) is 0 Å². The van der Waals surface area contributed by atoms with E-state index in [2.05, 4.69) is 26.0 Å². The zero-order valence-electron chi connectivity index (χ0n) is 13.0. The van der Waals surface area contributed by atoms with Gasteiger partial charge in [-0.3, -0.25) is 4.79 Å². The van der Waals surface area contributed by atoms with E-state index >= 15 is 0 Å². The number of halogens is 2. The SMILES string of the molecule is CNS(=O)(=O)c1ccc(Cl)c(C(=O)NC(C)c2ccccc2Br)c1. The van der Waals surface area contributed by atoms with E-state index in [0.29, 0.717) is 0 Å². The summed E-state index contributed by atoms with van der Waals surface area (Å²) in [4.78, 5) is 12.5. The van der Waals surface area contributed by atoms with E-state index in [1.165, 1.54) is 25.2 Å². The van der Waals surface area contributed by atoms with Crippen LogP contribution in [0.25, 0.3) is 0 Å². The van der Waals surface area contributed by atoms with Crippen molar-refractivity contribution in [2.45, 2.75) is 17.9 Å². The minimum absolute atomic E-state index is 0.0203. The van der Waals surface area contributed by atoms with Crippen molar-refractivity contribution in [3.63, 3.8) is 0 Å². The van der Waals surface area contributed by atoms with E-state index in [1.807, 2.05) is 31.2 Å². The Kier molecular flexibility index (Phi) is 6.03. The lowest BCUT2D eigenvalue weighted by molar-refractivity contribution is 0.0939. The van der Waals surface area contributed by atoms with E-state index in [0.717, 1.165) is 10.0 Å². The average Bonchev–Trinajstić information content (AvgIpc) is 2.55. The Morgan fingerprint density at radius 1 is 1.21 bits per heavy atom. The quantitative estimate of drug-likeness (QED) is 0.761. The van der Waals surface area contributed by atoms with Crippen molar-refractivity contribution in [2.75, 3.05) is 7.05 Å². The highest BCUT2D eigenvalue weighted by atomic mass is 79.9. The Balaban J connectivity index is 2.30. The molecule has 0 aliphatic heterocycles. The fourth-order valence-electron chi connectivity index (χ4n) is 2.14. The standard InChI is InChI=1S/C16H16BrClN2O3S/c1-10(12-5-3-4-6-14(12)17)20-16(21)13-9-11(7-8-15(13)18)24(22,23)19-2/h3-10,19H,1-2H3,(H,20,21). The van der Waals surface area contributed by atoms with E-state index in [1.54, 1.807) is 0 Å². The van der Waals surface area contributed by atoms with Crippen molar-refractivity contribution < 1.29 is 13.2 Å². The van der Waals surface area contributed by atoms with Crippen molar-refractivity contribution in [1.29, 1.82) is 0 Å². The summed E-state index contributed by atoms with van der Waals surface area (Å²) in [7, 11) is -2.35. The molecule has 1 atom stereocenters. The molecule has 0 aliphatic rings. The molecule has 5 nitrogen and oxygen atoms in total. The number of hydrogen-bond acceptors (Lipinski definition) is 3. The monoisotopic (exact) mass is 430 g/mol. The van der Waals surface area contributed by atoms with Gasteiger partial charge in [0, 0.05) is 4.47 Å². The molecule has 0 fully saturated rings. The third kappa shape index (κ3) is 4.16. The van der Waals surface area contributed by atoms with Crippen LogP contribution in [0.5, 0.6) is 0 Å². The van der Waals surface area contributed by atoms with Crippen molar-refractivity contribution in [3.05, 3.63) is 63.1 Å². The molecule has 2 aromatic carbocycles. The molecule has 1 amide bonds. The maximum atomic E-state index is 12.5. The van der Waals surface area contributed by atoms with Gasteiger partial charge in [0.05, 0.1) is 21.5 Å². The summed E-state index contributed by atoms with van der Waals surface area (Å²) in [5, 5.41) is 3.00. The van der Waals surface area contributed by atoms with Crippen LogP contribution >= 0.6 is 27.5 Å². The molecule has 0 spiro atoms. The van der Waals surface area contributed by atoms with Gasteiger partial charge in [-0.25, -0.2) is 13.1 Å². The molecule has 24 heavy (non-hydrogen) atoms. The third-order valence-corrected chi connectivity index (χ3v) is 5.94. The molecule has 128 valence electrons. The Morgan fingerprint density at radius 3 is 2.50 bits per heavy atom. The molecule has 2 aromatic rings. The summed E-state index contributed by atoms with van der Waals surface area (Å²) in [5.74, 6) is -0.448. The summed E-state index contributed by atoms with van der Waals surface area (Å²) < 4.78 is 26.8. The van der Waals surface area contributed by atoms with Crippen LogP contribution in [0.2, 0.25) is 5.02 Å². The molecule has 1 unspecified atom stereocenters. The summed E-state index contributed by atoms with van der Waals surface area (Å²) in [6, 6.07) is 11.2. The number of rotatable bonds is 5. The molecule has 0 aliphatic carbocycles. The van der Waals surface area contributed by atoms with Crippen LogP contribution in [-0.4, -0.2) is 21.4 Å². The topological polar surface area (TPSA) is 75.3 Å². The number of hydrogen-bond donors (Lipinski definition) is 2. The van der Waals surface area contributed by atoms with Crippen molar-refractivity contribution in [1.82, 2.24) is 10.0 Å². The van der Waals surface area contributed by atoms with Gasteiger partial charge in [0.15, 0.2) is 0 Å². The number of carbonyl (C=O) groups is 1. The smallest absolute Gasteiger partial charge is 0.253 e. The van der Waals surface area contributed by atoms with Gasteiger partial charge in [0.2, 0.25) is 10.0 Å². The van der Waals surface area contributed by atoms with Crippen LogP contribution in [0.1, 0.15) is 28.9 Å². The van der Waals surface area contributed by atoms with E-state index < -0.39 is 15.9 Å². The van der Waals surface area contributed by atoms with E-state index in [4.69, 9.17) is 11.6 Å². The van der Waals surface area contributed by atoms with Gasteiger partial charge in [-0.15, -0.1) is 0 Å². The van der Waals surface area contributed by atoms with E-state index in [9.17, 15) is 13.2 Å². The number of benzene rings is 2. The van der Waals surface area contributed by atoms with Gasteiger partial charge in [-0.05, 0) is 43.8 Å². The maximum Gasteiger partial charge on any atom is 0.253 e. The number of sulfonamides is 1. The number of carbonyl (C=O) groups excluding carboxylic acids is 1. The lowest BCUT2D eigenvalue weighted by Gasteiger charge is -2.16. The van der Waals surface area contributed by atoms with Gasteiger partial charge in [-0.2, -0.15) is 0 Å². The molecular weight excluding hydrogens is 416 g/mol. The molecule has 0 heterocycles. The second kappa shape index (κ2) is 7.65. The van der Waals surface area contributed by atoms with Crippen LogP contribution < -0.4 is 10.0 Å². The molecule has 0 radical (unpaired) electrons. The molecule has 2 rings (SSSR count). The fraction of sp³-hybridized carbons (Fsp3) is 0.188. The molecule has 0 saturated carbocycles. The largest absolute Gasteiger partial charge is 0.345 e. The lowest BCUT2D eigenvalue weighted by atomic mass is 10.1. The summed E-state index contributed by atoms with van der Waals surface area (Å²) in [6.45, 7) is 1.83. The highest BCUT2D eigenvalue weighted by molar-refractivity contribution is 9.10. The summed E-state index contributed by atoms with van der Waals surface area (Å²) >= 11 is 9.50. The first-order valence-corrected chi connectivity index (χ1v) is 9.70. The predicted octanol–water partition coefficient (Wildman–Crippen LogP) is 3.50. The summed E-state index contributed by atoms with van der Waals surface area (Å²) in [5.41, 5.74) is 1.01. The Hall–Kier alpha value is -1.41. The van der Waals surface area contributed by atoms with Crippen LogP contribution in [0.3, 0.4) is 0 Å². The highest BCUT2D eigenvalue weighted by Gasteiger charge is 2.19. The molecule has 8 heteroatoms. The van der Waals surface area contributed by atoms with Gasteiger partial charge < -0.3 is 5.32 Å². The molecule has 0 aromatic heterocycles. The zero-order chi connectivity index (χ0) is 17.9. The van der Waals surface area contributed by atoms with E-state index in [-0.39, 0.29) is 21.5 Å². The second-order valence-electron chi connectivity index (χ2n) is 5.07. The molecule has 0 bridgehead atoms. The van der Waals surface area contributed by atoms with Crippen molar-refractivity contribution in [3.8, 4) is 0 Å². The minimum atomic E-state index is -3.65. The van der Waals surface area contributed by atoms with Crippen LogP contribution in [0.15, 0.2) is 51.8 Å². The average molecular weight is 432 g/mol. The molecular formula is C16H16BrClN2O3S. The van der Waals surface area contributed by atoms with Gasteiger partial charge in [0.1, 0.15) is 0 Å². The van der Waals surface area contributed by atoms with Crippen LogP contribution in [0.4, 0.5) is 0 Å². The zero-order valence-corrected chi connectivity index (χ0v) is 16.2. The maximum absolute atomic E-state index is 12.5. The highest BCUT2D eigenvalue weighted by Crippen LogP contribution is 2.25. The number of nitrogens with one attached hydrogen (secondary N) is 2. The van der Waals surface area contributed by atoms with Crippen LogP contribution in [-0.2, 0) is 10.0 Å². The minimum Gasteiger partial charge on any atom is -0.345 e. The number of amides is 1. The van der Waals surface area contributed by atoms with Crippen molar-refractivity contribution >= 4 is 43.5 Å². The Labute approximate surface area is 154 Å². The predicted molar refractivity (Wildman–Crippen MR) is 97.7 cm³/mol. The Bertz CT molecular complexity index is 871. The second-order valence-corrected chi connectivity index (χ2v) is 8.21.